The Bertz CT molecular complexity index is 237. The molecule has 0 aromatic rings. The van der Waals surface area contributed by atoms with Crippen LogP contribution in [0.1, 0.15) is 26.2 Å². The Morgan fingerprint density at radius 2 is 2.46 bits per heavy atom. The molecule has 0 aromatic heterocycles. The number of halogens is 1. The van der Waals surface area contributed by atoms with Gasteiger partial charge in [0.15, 0.2) is 0 Å². The zero-order chi connectivity index (χ0) is 10.1. The molecule has 0 saturated heterocycles. The molecule has 2 nitrogen and oxygen atoms in total. The van der Waals surface area contributed by atoms with E-state index in [0.717, 1.165) is 18.2 Å². The fourth-order valence-electron chi connectivity index (χ4n) is 1.98. The summed E-state index contributed by atoms with van der Waals surface area (Å²) in [6, 6.07) is 0. The summed E-state index contributed by atoms with van der Waals surface area (Å²) in [6.07, 6.45) is 2.20. The molecular formula is C10H15BrO2. The Balaban J connectivity index is 2.75. The number of allylic oxidation sites excluding steroid dienone is 1. The van der Waals surface area contributed by atoms with Crippen molar-refractivity contribution < 1.29 is 9.90 Å². The number of carboxylic acids is 1. The van der Waals surface area contributed by atoms with Crippen molar-refractivity contribution in [3.05, 3.63) is 12.2 Å². The second kappa shape index (κ2) is 3.82. The monoisotopic (exact) mass is 246 g/mol. The summed E-state index contributed by atoms with van der Waals surface area (Å²) in [5.74, 6) is -0.455. The molecule has 0 aliphatic heterocycles. The Labute approximate surface area is 87.2 Å². The molecule has 1 rings (SSSR count). The standard InChI is InChI=1S/C10H15BrO2/c1-7-3-4-8(5-9(12)13)10(7,2)6-11/h8H,1,3-6H2,2H3,(H,12,13)/t8-,10?/m1/s1. The van der Waals surface area contributed by atoms with Gasteiger partial charge in [-0.3, -0.25) is 4.79 Å². The molecule has 0 spiro atoms. The maximum absolute atomic E-state index is 10.6. The molecular weight excluding hydrogens is 232 g/mol. The zero-order valence-electron chi connectivity index (χ0n) is 7.85. The topological polar surface area (TPSA) is 37.3 Å². The number of carbonyl (C=O) groups is 1. The van der Waals surface area contributed by atoms with Gasteiger partial charge in [0.1, 0.15) is 0 Å². The first kappa shape index (κ1) is 10.8. The minimum Gasteiger partial charge on any atom is -0.481 e. The molecule has 3 heteroatoms. The molecule has 13 heavy (non-hydrogen) atoms. The fraction of sp³-hybridized carbons (Fsp3) is 0.700. The Morgan fingerprint density at radius 1 is 1.85 bits per heavy atom. The number of alkyl halides is 1. The van der Waals surface area contributed by atoms with Gasteiger partial charge < -0.3 is 5.11 Å². The van der Waals surface area contributed by atoms with Gasteiger partial charge in [0.2, 0.25) is 0 Å². The summed E-state index contributed by atoms with van der Waals surface area (Å²) in [5.41, 5.74) is 1.17. The molecule has 1 fully saturated rings. The van der Waals surface area contributed by atoms with Crippen LogP contribution in [0.2, 0.25) is 0 Å². The first-order valence-corrected chi connectivity index (χ1v) is 5.59. The van der Waals surface area contributed by atoms with Crippen molar-refractivity contribution in [2.45, 2.75) is 26.2 Å². The van der Waals surface area contributed by atoms with Crippen LogP contribution in [0.25, 0.3) is 0 Å². The number of rotatable bonds is 3. The maximum atomic E-state index is 10.6. The fourth-order valence-corrected chi connectivity index (χ4v) is 2.84. The van der Waals surface area contributed by atoms with Crippen molar-refractivity contribution >= 4 is 21.9 Å². The predicted molar refractivity (Wildman–Crippen MR) is 56.0 cm³/mol. The molecule has 2 atom stereocenters. The lowest BCUT2D eigenvalue weighted by molar-refractivity contribution is -0.138. The third-order valence-corrected chi connectivity index (χ3v) is 4.37. The van der Waals surface area contributed by atoms with E-state index in [-0.39, 0.29) is 17.8 Å². The summed E-state index contributed by atoms with van der Waals surface area (Å²) in [6.45, 7) is 6.11. The minimum atomic E-state index is -0.702. The average molecular weight is 247 g/mol. The lowest BCUT2D eigenvalue weighted by Gasteiger charge is -2.29. The summed E-state index contributed by atoms with van der Waals surface area (Å²) in [4.78, 5) is 10.6. The predicted octanol–water partition coefficient (Wildman–Crippen LogP) is 2.83. The van der Waals surface area contributed by atoms with Crippen LogP contribution >= 0.6 is 15.9 Å². The van der Waals surface area contributed by atoms with Crippen molar-refractivity contribution in [1.82, 2.24) is 0 Å². The van der Waals surface area contributed by atoms with Gasteiger partial charge in [-0.05, 0) is 18.8 Å². The van der Waals surface area contributed by atoms with Gasteiger partial charge in [-0.2, -0.15) is 0 Å². The van der Waals surface area contributed by atoms with Gasteiger partial charge in [-0.15, -0.1) is 0 Å². The average Bonchev–Trinajstić information content (AvgIpc) is 2.33. The highest BCUT2D eigenvalue weighted by molar-refractivity contribution is 9.09. The Hall–Kier alpha value is -0.310. The van der Waals surface area contributed by atoms with E-state index in [2.05, 4.69) is 29.4 Å². The van der Waals surface area contributed by atoms with E-state index in [0.29, 0.717) is 0 Å². The van der Waals surface area contributed by atoms with E-state index in [1.165, 1.54) is 5.57 Å². The van der Waals surface area contributed by atoms with Crippen LogP contribution in [-0.4, -0.2) is 16.4 Å². The number of aliphatic carboxylic acids is 1. The van der Waals surface area contributed by atoms with Crippen molar-refractivity contribution in [2.75, 3.05) is 5.33 Å². The molecule has 0 heterocycles. The molecule has 0 radical (unpaired) electrons. The van der Waals surface area contributed by atoms with Crippen molar-refractivity contribution in [1.29, 1.82) is 0 Å². The first-order chi connectivity index (χ1) is 6.00. The molecule has 0 amide bonds. The summed E-state index contributed by atoms with van der Waals surface area (Å²) in [5, 5.41) is 9.56. The van der Waals surface area contributed by atoms with Crippen LogP contribution in [0, 0.1) is 11.3 Å². The third kappa shape index (κ3) is 1.96. The number of carboxylic acid groups (broad SMARTS) is 1. The minimum absolute atomic E-state index is 0.0155. The Morgan fingerprint density at radius 3 is 2.92 bits per heavy atom. The van der Waals surface area contributed by atoms with Gasteiger partial charge in [0.25, 0.3) is 0 Å². The summed E-state index contributed by atoms with van der Waals surface area (Å²) < 4.78 is 0. The summed E-state index contributed by atoms with van der Waals surface area (Å²) in [7, 11) is 0. The molecule has 0 bridgehead atoms. The number of hydrogen-bond acceptors (Lipinski definition) is 1. The van der Waals surface area contributed by atoms with Gasteiger partial charge in [-0.1, -0.05) is 35.0 Å². The highest BCUT2D eigenvalue weighted by atomic mass is 79.9. The Kier molecular flexibility index (Phi) is 3.17. The van der Waals surface area contributed by atoms with E-state index in [4.69, 9.17) is 5.11 Å². The number of hydrogen-bond donors (Lipinski definition) is 1. The van der Waals surface area contributed by atoms with E-state index in [9.17, 15) is 4.79 Å². The maximum Gasteiger partial charge on any atom is 0.303 e. The molecule has 1 saturated carbocycles. The van der Waals surface area contributed by atoms with E-state index < -0.39 is 5.97 Å². The van der Waals surface area contributed by atoms with Crippen LogP contribution in [0.4, 0.5) is 0 Å². The smallest absolute Gasteiger partial charge is 0.303 e. The van der Waals surface area contributed by atoms with Crippen LogP contribution in [0.15, 0.2) is 12.2 Å². The highest BCUT2D eigenvalue weighted by Gasteiger charge is 2.41. The normalized spacial score (nSPS) is 33.7. The van der Waals surface area contributed by atoms with Crippen molar-refractivity contribution in [3.8, 4) is 0 Å². The third-order valence-electron chi connectivity index (χ3n) is 3.20. The van der Waals surface area contributed by atoms with Crippen LogP contribution in [-0.2, 0) is 4.79 Å². The van der Waals surface area contributed by atoms with Crippen LogP contribution in [0.5, 0.6) is 0 Å². The summed E-state index contributed by atoms with van der Waals surface area (Å²) >= 11 is 3.45. The molecule has 1 N–H and O–H groups in total. The highest BCUT2D eigenvalue weighted by Crippen LogP contribution is 2.49. The van der Waals surface area contributed by atoms with Gasteiger partial charge in [-0.25, -0.2) is 0 Å². The second-order valence-corrected chi connectivity index (χ2v) is 4.55. The molecule has 1 aliphatic rings. The van der Waals surface area contributed by atoms with E-state index >= 15 is 0 Å². The molecule has 0 aromatic carbocycles. The van der Waals surface area contributed by atoms with E-state index in [1.807, 2.05) is 0 Å². The van der Waals surface area contributed by atoms with Gasteiger partial charge in [0, 0.05) is 17.2 Å². The molecule has 74 valence electrons. The van der Waals surface area contributed by atoms with Gasteiger partial charge >= 0.3 is 5.97 Å². The lowest BCUT2D eigenvalue weighted by Crippen LogP contribution is -2.26. The second-order valence-electron chi connectivity index (χ2n) is 3.99. The molecule has 1 aliphatic carbocycles. The van der Waals surface area contributed by atoms with Crippen molar-refractivity contribution in [3.63, 3.8) is 0 Å². The largest absolute Gasteiger partial charge is 0.481 e. The molecule has 1 unspecified atom stereocenters. The quantitative estimate of drug-likeness (QED) is 0.615. The lowest BCUT2D eigenvalue weighted by atomic mass is 9.78. The SMILES string of the molecule is C=C1CC[C@H](CC(=O)O)C1(C)CBr. The van der Waals surface area contributed by atoms with Crippen LogP contribution in [0.3, 0.4) is 0 Å². The first-order valence-electron chi connectivity index (χ1n) is 4.46. The van der Waals surface area contributed by atoms with Crippen molar-refractivity contribution in [2.24, 2.45) is 11.3 Å². The zero-order valence-corrected chi connectivity index (χ0v) is 9.43. The van der Waals surface area contributed by atoms with Gasteiger partial charge in [0.05, 0.1) is 0 Å². The van der Waals surface area contributed by atoms with Crippen LogP contribution < -0.4 is 0 Å². The van der Waals surface area contributed by atoms with E-state index in [1.54, 1.807) is 0 Å².